The highest BCUT2D eigenvalue weighted by Crippen LogP contribution is 2.27. The van der Waals surface area contributed by atoms with E-state index in [0.717, 1.165) is 17.9 Å². The molecular formula is C9H14N4S. The summed E-state index contributed by atoms with van der Waals surface area (Å²) in [5.41, 5.74) is 7.17. The molecule has 5 heteroatoms. The number of aromatic nitrogens is 2. The highest BCUT2D eigenvalue weighted by atomic mass is 32.1. The number of nitrogen functional groups attached to an aromatic ring is 1. The summed E-state index contributed by atoms with van der Waals surface area (Å²) in [7, 11) is 0. The second-order valence-electron chi connectivity index (χ2n) is 3.36. The van der Waals surface area contributed by atoms with E-state index in [1.165, 1.54) is 0 Å². The van der Waals surface area contributed by atoms with Gasteiger partial charge in [-0.15, -0.1) is 0 Å². The summed E-state index contributed by atoms with van der Waals surface area (Å²) >= 11 is 4.61. The van der Waals surface area contributed by atoms with Crippen molar-refractivity contribution in [2.45, 2.75) is 33.1 Å². The summed E-state index contributed by atoms with van der Waals surface area (Å²) in [5, 5.41) is 0. The van der Waals surface area contributed by atoms with Crippen molar-refractivity contribution >= 4 is 23.9 Å². The highest BCUT2D eigenvalue weighted by Gasteiger charge is 2.12. The number of aryl methyl sites for hydroxylation is 1. The number of nitrogens with zero attached hydrogens (tertiary/aromatic N) is 3. The Hall–Kier alpha value is -1.10. The van der Waals surface area contributed by atoms with Gasteiger partial charge in [-0.3, -0.25) is 0 Å². The summed E-state index contributed by atoms with van der Waals surface area (Å²) in [4.78, 5) is 8.50. The van der Waals surface area contributed by atoms with Crippen LogP contribution < -0.4 is 5.73 Å². The molecule has 0 radical (unpaired) electrons. The Morgan fingerprint density at radius 3 is 2.50 bits per heavy atom. The molecule has 1 aromatic heterocycles. The topological polar surface area (TPSA) is 64.2 Å². The molecule has 1 aromatic rings. The number of rotatable bonds is 3. The van der Waals surface area contributed by atoms with Crippen LogP contribution in [0.4, 0.5) is 11.5 Å². The Bertz CT molecular complexity index is 349. The summed E-state index contributed by atoms with van der Waals surface area (Å²) in [5.74, 6) is 1.43. The molecular weight excluding hydrogens is 196 g/mol. The molecule has 76 valence electrons. The zero-order valence-electron chi connectivity index (χ0n) is 8.61. The maximum absolute atomic E-state index is 5.83. The van der Waals surface area contributed by atoms with Crippen LogP contribution in [0.1, 0.15) is 38.2 Å². The number of hydrogen-bond acceptors (Lipinski definition) is 5. The lowest BCUT2D eigenvalue weighted by molar-refractivity contribution is 0.792. The standard InChI is InChI=1S/C9H14N4S/c1-4-6-11-8(5(2)3)7(10)9(12-6)13-14/h5H,4,10H2,1-3H3. The van der Waals surface area contributed by atoms with Gasteiger partial charge in [0.2, 0.25) is 0 Å². The van der Waals surface area contributed by atoms with Gasteiger partial charge in [-0.1, -0.05) is 20.8 Å². The van der Waals surface area contributed by atoms with Crippen molar-refractivity contribution in [2.75, 3.05) is 5.73 Å². The third-order valence-electron chi connectivity index (χ3n) is 1.95. The molecule has 0 bridgehead atoms. The van der Waals surface area contributed by atoms with E-state index in [-0.39, 0.29) is 5.92 Å². The van der Waals surface area contributed by atoms with Crippen LogP contribution in [0.3, 0.4) is 0 Å². The third-order valence-corrected chi connectivity index (χ3v) is 2.12. The normalized spacial score (nSPS) is 10.6. The van der Waals surface area contributed by atoms with Crippen molar-refractivity contribution in [3.05, 3.63) is 11.5 Å². The van der Waals surface area contributed by atoms with Crippen LogP contribution in [-0.4, -0.2) is 9.97 Å². The van der Waals surface area contributed by atoms with Crippen molar-refractivity contribution in [3.8, 4) is 0 Å². The van der Waals surface area contributed by atoms with Crippen molar-refractivity contribution < 1.29 is 0 Å². The molecule has 0 unspecified atom stereocenters. The first-order chi connectivity index (χ1) is 6.60. The Balaban J connectivity index is 3.34. The molecule has 0 fully saturated rings. The monoisotopic (exact) mass is 210 g/mol. The number of nitrogens with two attached hydrogens (primary N) is 1. The van der Waals surface area contributed by atoms with Crippen LogP contribution in [-0.2, 0) is 18.8 Å². The first-order valence-electron chi connectivity index (χ1n) is 4.59. The quantitative estimate of drug-likeness (QED) is 0.829. The van der Waals surface area contributed by atoms with Crippen molar-refractivity contribution in [2.24, 2.45) is 4.36 Å². The van der Waals surface area contributed by atoms with Gasteiger partial charge >= 0.3 is 0 Å². The van der Waals surface area contributed by atoms with Gasteiger partial charge < -0.3 is 5.73 Å². The Morgan fingerprint density at radius 2 is 2.07 bits per heavy atom. The molecule has 2 N–H and O–H groups in total. The molecule has 0 aliphatic heterocycles. The van der Waals surface area contributed by atoms with Crippen LogP contribution in [0.15, 0.2) is 4.36 Å². The second-order valence-corrected chi connectivity index (χ2v) is 3.54. The molecule has 0 aromatic carbocycles. The van der Waals surface area contributed by atoms with E-state index in [9.17, 15) is 0 Å². The van der Waals surface area contributed by atoms with E-state index in [0.29, 0.717) is 11.5 Å². The van der Waals surface area contributed by atoms with E-state index >= 15 is 0 Å². The van der Waals surface area contributed by atoms with E-state index in [2.05, 4.69) is 26.8 Å². The van der Waals surface area contributed by atoms with Crippen LogP contribution in [0.2, 0.25) is 0 Å². The fourth-order valence-electron chi connectivity index (χ4n) is 1.19. The molecule has 0 aliphatic rings. The van der Waals surface area contributed by atoms with E-state index in [4.69, 9.17) is 5.73 Å². The molecule has 0 atom stereocenters. The molecule has 1 rings (SSSR count). The lowest BCUT2D eigenvalue weighted by atomic mass is 10.1. The first kappa shape index (κ1) is 11.0. The largest absolute Gasteiger partial charge is 0.394 e. The van der Waals surface area contributed by atoms with Gasteiger partial charge in [-0.2, -0.15) is 4.36 Å². The van der Waals surface area contributed by atoms with E-state index < -0.39 is 0 Å². The maximum Gasteiger partial charge on any atom is 0.192 e. The van der Waals surface area contributed by atoms with Crippen LogP contribution in [0, 0.1) is 0 Å². The third kappa shape index (κ3) is 2.04. The summed E-state index contributed by atoms with van der Waals surface area (Å²) in [6, 6.07) is 0. The van der Waals surface area contributed by atoms with Gasteiger partial charge in [-0.05, 0) is 5.92 Å². The Kier molecular flexibility index (Phi) is 3.46. The van der Waals surface area contributed by atoms with Crippen LogP contribution in [0.5, 0.6) is 0 Å². The predicted octanol–water partition coefficient (Wildman–Crippen LogP) is 2.11. The fraction of sp³-hybridized carbons (Fsp3) is 0.556. The van der Waals surface area contributed by atoms with Crippen LogP contribution in [0.25, 0.3) is 0 Å². The molecule has 0 amide bonds. The average molecular weight is 210 g/mol. The van der Waals surface area contributed by atoms with Crippen molar-refractivity contribution in [1.82, 2.24) is 9.97 Å². The molecule has 1 heterocycles. The van der Waals surface area contributed by atoms with Gasteiger partial charge in [0.15, 0.2) is 5.82 Å². The van der Waals surface area contributed by atoms with Crippen LogP contribution >= 0.6 is 0 Å². The van der Waals surface area contributed by atoms with Gasteiger partial charge in [-0.25, -0.2) is 9.97 Å². The summed E-state index contributed by atoms with van der Waals surface area (Å²) in [6.45, 7) is 6.05. The van der Waals surface area contributed by atoms with Gasteiger partial charge in [0, 0.05) is 18.8 Å². The molecule has 4 nitrogen and oxygen atoms in total. The molecule has 0 saturated heterocycles. The lowest BCUT2D eigenvalue weighted by Gasteiger charge is -2.10. The van der Waals surface area contributed by atoms with E-state index in [1.807, 2.05) is 20.8 Å². The minimum Gasteiger partial charge on any atom is -0.394 e. The average Bonchev–Trinajstić information content (AvgIpc) is 2.17. The zero-order chi connectivity index (χ0) is 10.7. The predicted molar refractivity (Wildman–Crippen MR) is 59.4 cm³/mol. The summed E-state index contributed by atoms with van der Waals surface area (Å²) in [6.07, 6.45) is 0.762. The Morgan fingerprint density at radius 1 is 1.43 bits per heavy atom. The van der Waals surface area contributed by atoms with Gasteiger partial charge in [0.25, 0.3) is 0 Å². The molecule has 0 saturated carbocycles. The smallest absolute Gasteiger partial charge is 0.192 e. The Labute approximate surface area is 89.1 Å². The van der Waals surface area contributed by atoms with Gasteiger partial charge in [0.1, 0.15) is 11.5 Å². The fourth-order valence-corrected chi connectivity index (χ4v) is 1.33. The van der Waals surface area contributed by atoms with Crippen molar-refractivity contribution in [3.63, 3.8) is 0 Å². The lowest BCUT2D eigenvalue weighted by Crippen LogP contribution is -2.05. The molecule has 0 aliphatic carbocycles. The minimum absolute atomic E-state index is 0.263. The number of anilines is 1. The maximum atomic E-state index is 5.83. The molecule has 14 heavy (non-hydrogen) atoms. The molecule has 0 spiro atoms. The highest BCUT2D eigenvalue weighted by molar-refractivity contribution is 7.47. The number of hydrogen-bond donors (Lipinski definition) is 1. The summed E-state index contributed by atoms with van der Waals surface area (Å²) < 4.78 is 3.63. The van der Waals surface area contributed by atoms with Crippen molar-refractivity contribution in [1.29, 1.82) is 0 Å². The first-order valence-corrected chi connectivity index (χ1v) is 4.96. The second kappa shape index (κ2) is 4.41. The SMILES string of the molecule is CCc1nc(N=S)c(N)c(C(C)C)n1. The zero-order valence-corrected chi connectivity index (χ0v) is 9.43. The van der Waals surface area contributed by atoms with Gasteiger partial charge in [0.05, 0.1) is 5.69 Å². The minimum atomic E-state index is 0.263. The van der Waals surface area contributed by atoms with E-state index in [1.54, 1.807) is 0 Å².